The standard InChI is InChI=1S/C10H20N2O4/c1-6(2)7(11)8(13)16-12-9(14)15-10(3,4)5/h6-7H,11H2,1-5H3,(H,12,14)/t7-/m0/s1. The maximum Gasteiger partial charge on any atom is 0.441 e. The molecule has 0 saturated carbocycles. The Kier molecular flexibility index (Phi) is 5.23. The average Bonchev–Trinajstić information content (AvgIpc) is 2.09. The minimum Gasteiger partial charge on any atom is -0.442 e. The van der Waals surface area contributed by atoms with Crippen LogP contribution in [0.4, 0.5) is 4.79 Å². The van der Waals surface area contributed by atoms with Crippen molar-refractivity contribution in [2.75, 3.05) is 0 Å². The number of carbonyl (C=O) groups is 2. The van der Waals surface area contributed by atoms with Crippen LogP contribution in [0.2, 0.25) is 0 Å². The predicted molar refractivity (Wildman–Crippen MR) is 58.3 cm³/mol. The number of hydrogen-bond donors (Lipinski definition) is 2. The first-order valence-electron chi connectivity index (χ1n) is 5.08. The van der Waals surface area contributed by atoms with Crippen molar-refractivity contribution in [3.05, 3.63) is 0 Å². The molecule has 0 saturated heterocycles. The fourth-order valence-corrected chi connectivity index (χ4v) is 0.731. The summed E-state index contributed by atoms with van der Waals surface area (Å²) in [4.78, 5) is 26.8. The second-order valence-electron chi connectivity index (χ2n) is 4.79. The van der Waals surface area contributed by atoms with Crippen LogP contribution in [0.5, 0.6) is 0 Å². The second-order valence-corrected chi connectivity index (χ2v) is 4.79. The minimum atomic E-state index is -0.822. The molecule has 0 aromatic heterocycles. The van der Waals surface area contributed by atoms with Gasteiger partial charge in [0.15, 0.2) is 0 Å². The highest BCUT2D eigenvalue weighted by Gasteiger charge is 2.22. The molecule has 0 aliphatic carbocycles. The number of amides is 1. The predicted octanol–water partition coefficient (Wildman–Crippen LogP) is 0.953. The van der Waals surface area contributed by atoms with E-state index >= 15 is 0 Å². The van der Waals surface area contributed by atoms with Crippen LogP contribution in [0.3, 0.4) is 0 Å². The Balaban J connectivity index is 3.98. The van der Waals surface area contributed by atoms with Crippen LogP contribution in [0, 0.1) is 5.92 Å². The van der Waals surface area contributed by atoms with Gasteiger partial charge < -0.3 is 15.3 Å². The summed E-state index contributed by atoms with van der Waals surface area (Å²) < 4.78 is 4.86. The second kappa shape index (κ2) is 5.69. The smallest absolute Gasteiger partial charge is 0.441 e. The van der Waals surface area contributed by atoms with Gasteiger partial charge in [0.2, 0.25) is 0 Å². The zero-order valence-corrected chi connectivity index (χ0v) is 10.4. The van der Waals surface area contributed by atoms with E-state index < -0.39 is 23.7 Å². The van der Waals surface area contributed by atoms with Crippen molar-refractivity contribution in [1.82, 2.24) is 5.48 Å². The molecular formula is C10H20N2O4. The van der Waals surface area contributed by atoms with Crippen LogP contribution in [-0.4, -0.2) is 23.7 Å². The summed E-state index contributed by atoms with van der Waals surface area (Å²) in [5.74, 6) is -0.756. The van der Waals surface area contributed by atoms with Crippen LogP contribution in [0.25, 0.3) is 0 Å². The van der Waals surface area contributed by atoms with E-state index in [0.29, 0.717) is 0 Å². The number of hydroxylamine groups is 1. The van der Waals surface area contributed by atoms with E-state index in [0.717, 1.165) is 0 Å². The lowest BCUT2D eigenvalue weighted by molar-refractivity contribution is -0.153. The van der Waals surface area contributed by atoms with Crippen molar-refractivity contribution in [2.45, 2.75) is 46.3 Å². The van der Waals surface area contributed by atoms with Crippen molar-refractivity contribution in [3.63, 3.8) is 0 Å². The number of rotatable bonds is 2. The number of nitrogens with two attached hydrogens (primary N) is 1. The molecule has 3 N–H and O–H groups in total. The topological polar surface area (TPSA) is 90.7 Å². The van der Waals surface area contributed by atoms with Gasteiger partial charge in [0.1, 0.15) is 11.6 Å². The molecule has 94 valence electrons. The lowest BCUT2D eigenvalue weighted by Crippen LogP contribution is -2.42. The molecule has 0 aliphatic heterocycles. The summed E-state index contributed by atoms with van der Waals surface area (Å²) in [6.07, 6.45) is -0.822. The van der Waals surface area contributed by atoms with Crippen LogP contribution in [0.1, 0.15) is 34.6 Å². The van der Waals surface area contributed by atoms with E-state index in [1.165, 1.54) is 0 Å². The van der Waals surface area contributed by atoms with Gasteiger partial charge in [0.25, 0.3) is 0 Å². The maximum absolute atomic E-state index is 11.2. The van der Waals surface area contributed by atoms with Gasteiger partial charge in [-0.25, -0.2) is 9.59 Å². The van der Waals surface area contributed by atoms with Crippen molar-refractivity contribution in [3.8, 4) is 0 Å². The quantitative estimate of drug-likeness (QED) is 0.692. The molecule has 0 bridgehead atoms. The fourth-order valence-electron chi connectivity index (χ4n) is 0.731. The van der Waals surface area contributed by atoms with E-state index in [4.69, 9.17) is 10.5 Å². The van der Waals surface area contributed by atoms with Crippen LogP contribution in [-0.2, 0) is 14.4 Å². The SMILES string of the molecule is CC(C)[C@H](N)C(=O)ONC(=O)OC(C)(C)C. The number of hydrogen-bond acceptors (Lipinski definition) is 5. The third-order valence-corrected chi connectivity index (χ3v) is 1.62. The van der Waals surface area contributed by atoms with E-state index in [1.54, 1.807) is 34.6 Å². The normalized spacial score (nSPS) is 13.2. The van der Waals surface area contributed by atoms with E-state index in [1.807, 2.05) is 5.48 Å². The molecule has 0 fully saturated rings. The highest BCUT2D eigenvalue weighted by Crippen LogP contribution is 2.06. The summed E-state index contributed by atoms with van der Waals surface area (Å²) >= 11 is 0. The number of nitrogens with one attached hydrogen (secondary N) is 1. The van der Waals surface area contributed by atoms with Crippen molar-refractivity contribution < 1.29 is 19.2 Å². The summed E-state index contributed by atoms with van der Waals surface area (Å²) in [6, 6.07) is -0.769. The molecule has 0 heterocycles. The largest absolute Gasteiger partial charge is 0.442 e. The molecule has 6 heteroatoms. The highest BCUT2D eigenvalue weighted by molar-refractivity contribution is 5.77. The Labute approximate surface area is 95.4 Å². The van der Waals surface area contributed by atoms with Crippen molar-refractivity contribution >= 4 is 12.1 Å². The monoisotopic (exact) mass is 232 g/mol. The summed E-state index contributed by atoms with van der Waals surface area (Å²) in [6.45, 7) is 8.66. The summed E-state index contributed by atoms with van der Waals surface area (Å²) in [5, 5.41) is 0. The minimum absolute atomic E-state index is 0.0621. The first kappa shape index (κ1) is 14.7. The van der Waals surface area contributed by atoms with Crippen LogP contribution >= 0.6 is 0 Å². The first-order chi connectivity index (χ1) is 7.13. The Morgan fingerprint density at radius 1 is 1.25 bits per heavy atom. The van der Waals surface area contributed by atoms with Gasteiger partial charge in [0.05, 0.1) is 0 Å². The average molecular weight is 232 g/mol. The number of carbonyl (C=O) groups excluding carboxylic acids is 2. The zero-order chi connectivity index (χ0) is 12.9. The molecule has 6 nitrogen and oxygen atoms in total. The van der Waals surface area contributed by atoms with Gasteiger partial charge in [-0.1, -0.05) is 13.8 Å². The first-order valence-corrected chi connectivity index (χ1v) is 5.08. The lowest BCUT2D eigenvalue weighted by Gasteiger charge is -2.20. The molecule has 0 unspecified atom stereocenters. The Bertz CT molecular complexity index is 258. The van der Waals surface area contributed by atoms with Gasteiger partial charge in [0, 0.05) is 0 Å². The molecule has 0 aromatic carbocycles. The Morgan fingerprint density at radius 2 is 1.75 bits per heavy atom. The fraction of sp³-hybridized carbons (Fsp3) is 0.800. The summed E-state index contributed by atoms with van der Waals surface area (Å²) in [5.41, 5.74) is 6.75. The van der Waals surface area contributed by atoms with Gasteiger partial charge in [-0.2, -0.15) is 0 Å². The molecule has 1 atom stereocenters. The lowest BCUT2D eigenvalue weighted by atomic mass is 10.1. The Hall–Kier alpha value is -1.30. The van der Waals surface area contributed by atoms with Gasteiger partial charge in [-0.3, -0.25) is 0 Å². The number of ether oxygens (including phenoxy) is 1. The molecular weight excluding hydrogens is 212 g/mol. The molecule has 0 aromatic rings. The zero-order valence-electron chi connectivity index (χ0n) is 10.4. The summed E-state index contributed by atoms with van der Waals surface area (Å²) in [7, 11) is 0. The molecule has 16 heavy (non-hydrogen) atoms. The Morgan fingerprint density at radius 3 is 2.12 bits per heavy atom. The van der Waals surface area contributed by atoms with E-state index in [-0.39, 0.29) is 5.92 Å². The third-order valence-electron chi connectivity index (χ3n) is 1.62. The van der Waals surface area contributed by atoms with Crippen molar-refractivity contribution in [1.29, 1.82) is 0 Å². The molecule has 1 amide bonds. The maximum atomic E-state index is 11.2. The van der Waals surface area contributed by atoms with Gasteiger partial charge in [-0.15, -0.1) is 5.48 Å². The van der Waals surface area contributed by atoms with E-state index in [9.17, 15) is 9.59 Å². The highest BCUT2D eigenvalue weighted by atomic mass is 16.7. The van der Waals surface area contributed by atoms with E-state index in [2.05, 4.69) is 4.84 Å². The van der Waals surface area contributed by atoms with Gasteiger partial charge in [-0.05, 0) is 26.7 Å². The van der Waals surface area contributed by atoms with Crippen LogP contribution < -0.4 is 11.2 Å². The molecule has 0 spiro atoms. The van der Waals surface area contributed by atoms with Crippen LogP contribution in [0.15, 0.2) is 0 Å². The third kappa shape index (κ3) is 6.23. The molecule has 0 aliphatic rings. The molecule has 0 rings (SSSR count). The van der Waals surface area contributed by atoms with Crippen molar-refractivity contribution in [2.24, 2.45) is 11.7 Å². The molecule has 0 radical (unpaired) electrons. The van der Waals surface area contributed by atoms with Gasteiger partial charge >= 0.3 is 12.1 Å².